The van der Waals surface area contributed by atoms with Crippen LogP contribution >= 0.6 is 15.9 Å². The van der Waals surface area contributed by atoms with Gasteiger partial charge in [-0.1, -0.05) is 0 Å². The van der Waals surface area contributed by atoms with Crippen molar-refractivity contribution in [2.45, 2.75) is 20.4 Å². The molecule has 0 saturated carbocycles. The van der Waals surface area contributed by atoms with E-state index in [1.165, 1.54) is 21.8 Å². The predicted octanol–water partition coefficient (Wildman–Crippen LogP) is 1.61. The molecule has 0 aliphatic rings. The summed E-state index contributed by atoms with van der Waals surface area (Å²) in [6.07, 6.45) is 2.56. The first-order valence-electron chi connectivity index (χ1n) is 6.19. The third kappa shape index (κ3) is 3.02. The largest absolute Gasteiger partial charge is 0.290 e. The Balaban J connectivity index is 2.10. The van der Waals surface area contributed by atoms with E-state index in [0.29, 0.717) is 22.4 Å². The SMILES string of the molecule is CCn1ncc(/C=N/NC(=O)c2c(Br)c(C)nn2C)c1F. The minimum Gasteiger partial charge on any atom is -0.266 e. The lowest BCUT2D eigenvalue weighted by atomic mass is 10.3. The zero-order valence-electron chi connectivity index (χ0n) is 11.8. The smallest absolute Gasteiger partial charge is 0.266 e. The molecule has 0 unspecified atom stereocenters. The lowest BCUT2D eigenvalue weighted by molar-refractivity contribution is 0.0945. The van der Waals surface area contributed by atoms with Crippen molar-refractivity contribution in [1.82, 2.24) is 25.0 Å². The Morgan fingerprint density at radius 3 is 2.86 bits per heavy atom. The molecule has 2 aromatic heterocycles. The lowest BCUT2D eigenvalue weighted by Crippen LogP contribution is -2.21. The molecule has 9 heteroatoms. The zero-order chi connectivity index (χ0) is 15.6. The van der Waals surface area contributed by atoms with Gasteiger partial charge >= 0.3 is 0 Å². The van der Waals surface area contributed by atoms with Gasteiger partial charge in [0.05, 0.1) is 28.1 Å². The van der Waals surface area contributed by atoms with Gasteiger partial charge in [0, 0.05) is 13.6 Å². The molecule has 112 valence electrons. The van der Waals surface area contributed by atoms with Crippen LogP contribution in [-0.4, -0.2) is 31.7 Å². The number of aryl methyl sites for hydroxylation is 3. The molecular weight excluding hydrogens is 343 g/mol. The Kier molecular flexibility index (Phi) is 4.51. The molecule has 21 heavy (non-hydrogen) atoms. The highest BCUT2D eigenvalue weighted by Crippen LogP contribution is 2.19. The molecule has 0 bridgehead atoms. The number of hydrogen-bond acceptors (Lipinski definition) is 4. The molecular formula is C12H14BrFN6O. The summed E-state index contributed by atoms with van der Waals surface area (Å²) in [7, 11) is 1.65. The van der Waals surface area contributed by atoms with Crippen LogP contribution in [0.25, 0.3) is 0 Å². The second-order valence-electron chi connectivity index (χ2n) is 4.28. The van der Waals surface area contributed by atoms with Gasteiger partial charge in [-0.25, -0.2) is 10.1 Å². The first-order chi connectivity index (χ1) is 9.95. The zero-order valence-corrected chi connectivity index (χ0v) is 13.3. The maximum Gasteiger partial charge on any atom is 0.290 e. The highest BCUT2D eigenvalue weighted by Gasteiger charge is 2.17. The molecule has 7 nitrogen and oxygen atoms in total. The number of aromatic nitrogens is 4. The molecule has 2 heterocycles. The van der Waals surface area contributed by atoms with Gasteiger partial charge in [-0.15, -0.1) is 0 Å². The van der Waals surface area contributed by atoms with Crippen LogP contribution in [-0.2, 0) is 13.6 Å². The summed E-state index contributed by atoms with van der Waals surface area (Å²) in [4.78, 5) is 12.0. The van der Waals surface area contributed by atoms with E-state index in [-0.39, 0.29) is 5.56 Å². The molecule has 1 N–H and O–H groups in total. The standard InChI is InChI=1S/C12H14BrFN6O/c1-4-20-11(14)8(6-16-20)5-15-17-12(21)10-9(13)7(2)18-19(10)3/h5-6H,4H2,1-3H3,(H,17,21)/b15-5+. The number of hydrazone groups is 1. The molecule has 2 aromatic rings. The van der Waals surface area contributed by atoms with Crippen LogP contribution in [0.4, 0.5) is 4.39 Å². The van der Waals surface area contributed by atoms with Gasteiger partial charge in [-0.2, -0.15) is 19.7 Å². The number of nitrogens with zero attached hydrogens (tertiary/aromatic N) is 5. The van der Waals surface area contributed by atoms with E-state index >= 15 is 0 Å². The van der Waals surface area contributed by atoms with Crippen LogP contribution in [0, 0.1) is 12.9 Å². The molecule has 0 radical (unpaired) electrons. The number of nitrogens with one attached hydrogen (secondary N) is 1. The Hall–Kier alpha value is -2.03. The van der Waals surface area contributed by atoms with E-state index in [4.69, 9.17) is 0 Å². The first kappa shape index (κ1) is 15.4. The third-order valence-electron chi connectivity index (χ3n) is 2.83. The van der Waals surface area contributed by atoms with Gasteiger partial charge < -0.3 is 0 Å². The van der Waals surface area contributed by atoms with E-state index in [2.05, 4.69) is 36.7 Å². The molecule has 1 amide bonds. The molecule has 0 aromatic carbocycles. The van der Waals surface area contributed by atoms with E-state index in [1.807, 2.05) is 0 Å². The minimum absolute atomic E-state index is 0.206. The average Bonchev–Trinajstić information content (AvgIpc) is 2.91. The topological polar surface area (TPSA) is 77.1 Å². The van der Waals surface area contributed by atoms with E-state index in [1.54, 1.807) is 20.9 Å². The van der Waals surface area contributed by atoms with Crippen LogP contribution < -0.4 is 5.43 Å². The van der Waals surface area contributed by atoms with Crippen molar-refractivity contribution in [2.24, 2.45) is 12.1 Å². The summed E-state index contributed by atoms with van der Waals surface area (Å²) in [5.74, 6) is -0.933. The van der Waals surface area contributed by atoms with Gasteiger partial charge in [-0.3, -0.25) is 9.48 Å². The lowest BCUT2D eigenvalue weighted by Gasteiger charge is -2.00. The van der Waals surface area contributed by atoms with Crippen molar-refractivity contribution in [3.8, 4) is 0 Å². The molecule has 0 fully saturated rings. The molecule has 0 aliphatic carbocycles. The highest BCUT2D eigenvalue weighted by molar-refractivity contribution is 9.10. The fraction of sp³-hybridized carbons (Fsp3) is 0.333. The summed E-state index contributed by atoms with van der Waals surface area (Å²) in [6, 6.07) is 0. The monoisotopic (exact) mass is 356 g/mol. The number of carbonyl (C=O) groups excluding carboxylic acids is 1. The fourth-order valence-electron chi connectivity index (χ4n) is 1.78. The van der Waals surface area contributed by atoms with Crippen molar-refractivity contribution in [3.05, 3.63) is 33.6 Å². The van der Waals surface area contributed by atoms with Crippen LogP contribution in [0.2, 0.25) is 0 Å². The number of halogens is 2. The summed E-state index contributed by atoms with van der Waals surface area (Å²) >= 11 is 3.29. The summed E-state index contributed by atoms with van der Waals surface area (Å²) < 4.78 is 16.9. The van der Waals surface area contributed by atoms with Crippen LogP contribution in [0.1, 0.15) is 28.7 Å². The summed E-state index contributed by atoms with van der Waals surface area (Å²) in [5, 5.41) is 11.7. The van der Waals surface area contributed by atoms with Crippen LogP contribution in [0.15, 0.2) is 15.8 Å². The van der Waals surface area contributed by atoms with Gasteiger partial charge in [0.15, 0.2) is 0 Å². The second-order valence-corrected chi connectivity index (χ2v) is 5.07. The molecule has 0 atom stereocenters. The van der Waals surface area contributed by atoms with Gasteiger partial charge in [0.1, 0.15) is 5.69 Å². The summed E-state index contributed by atoms with van der Waals surface area (Å²) in [5.41, 5.74) is 3.58. The van der Waals surface area contributed by atoms with Gasteiger partial charge in [0.2, 0.25) is 5.95 Å². The van der Waals surface area contributed by atoms with E-state index < -0.39 is 11.9 Å². The van der Waals surface area contributed by atoms with Gasteiger partial charge in [-0.05, 0) is 29.8 Å². The van der Waals surface area contributed by atoms with Crippen molar-refractivity contribution in [1.29, 1.82) is 0 Å². The van der Waals surface area contributed by atoms with Crippen LogP contribution in [0.3, 0.4) is 0 Å². The first-order valence-corrected chi connectivity index (χ1v) is 6.98. The quantitative estimate of drug-likeness (QED) is 0.667. The Morgan fingerprint density at radius 1 is 1.62 bits per heavy atom. The molecule has 2 rings (SSSR count). The van der Waals surface area contributed by atoms with Gasteiger partial charge in [0.25, 0.3) is 5.91 Å². The van der Waals surface area contributed by atoms with E-state index in [9.17, 15) is 9.18 Å². The Morgan fingerprint density at radius 2 is 2.33 bits per heavy atom. The maximum absolute atomic E-state index is 13.7. The second kappa shape index (κ2) is 6.17. The minimum atomic E-state index is -0.493. The molecule has 0 spiro atoms. The van der Waals surface area contributed by atoms with Crippen molar-refractivity contribution < 1.29 is 9.18 Å². The predicted molar refractivity (Wildman–Crippen MR) is 78.6 cm³/mol. The molecule has 0 saturated heterocycles. The number of carbonyl (C=O) groups is 1. The van der Waals surface area contributed by atoms with Crippen molar-refractivity contribution in [3.63, 3.8) is 0 Å². The fourth-order valence-corrected chi connectivity index (χ4v) is 2.30. The number of rotatable bonds is 4. The summed E-state index contributed by atoms with van der Waals surface area (Å²) in [6.45, 7) is 3.98. The average molecular weight is 357 g/mol. The van der Waals surface area contributed by atoms with Crippen molar-refractivity contribution >= 4 is 28.1 Å². The van der Waals surface area contributed by atoms with Crippen LogP contribution in [0.5, 0.6) is 0 Å². The Bertz CT molecular complexity index is 705. The normalized spacial score (nSPS) is 11.3. The maximum atomic E-state index is 13.7. The number of hydrogen-bond donors (Lipinski definition) is 1. The Labute approximate surface area is 129 Å². The number of amides is 1. The molecule has 0 aliphatic heterocycles. The third-order valence-corrected chi connectivity index (χ3v) is 3.78. The van der Waals surface area contributed by atoms with E-state index in [0.717, 1.165) is 0 Å². The highest BCUT2D eigenvalue weighted by atomic mass is 79.9. The van der Waals surface area contributed by atoms with Crippen molar-refractivity contribution in [2.75, 3.05) is 0 Å².